The lowest BCUT2D eigenvalue weighted by atomic mass is 9.95. The molecule has 1 aliphatic heterocycles. The van der Waals surface area contributed by atoms with Gasteiger partial charge in [0.05, 0.1) is 16.2 Å². The molecular formula is C21H20N2O2S. The van der Waals surface area contributed by atoms with Crippen molar-refractivity contribution < 1.29 is 8.42 Å². The molecule has 2 aromatic carbocycles. The van der Waals surface area contributed by atoms with Crippen LogP contribution < -0.4 is 0 Å². The van der Waals surface area contributed by atoms with Gasteiger partial charge in [0.1, 0.15) is 6.07 Å². The standard InChI is InChI=1S/C21H20N2O2S/c1-15-8-10-17(11-9-15)26(24,25)14-16-5-4-12-23-20-7-3-2-6-18(20)19(13-22)21(16)23/h2-3,6-11,16H,4-5,12,14H2,1H3. The van der Waals surface area contributed by atoms with Gasteiger partial charge in [-0.15, -0.1) is 0 Å². The number of nitriles is 1. The van der Waals surface area contributed by atoms with Crippen LogP contribution in [0.15, 0.2) is 53.4 Å². The molecule has 4 nitrogen and oxygen atoms in total. The van der Waals surface area contributed by atoms with Crippen LogP contribution in [-0.4, -0.2) is 18.7 Å². The Morgan fingerprint density at radius 1 is 1.15 bits per heavy atom. The average molecular weight is 364 g/mol. The fourth-order valence-electron chi connectivity index (χ4n) is 4.01. The number of aromatic nitrogens is 1. The van der Waals surface area contributed by atoms with Crippen LogP contribution >= 0.6 is 0 Å². The molecule has 4 rings (SSSR count). The van der Waals surface area contributed by atoms with E-state index in [0.717, 1.165) is 41.5 Å². The van der Waals surface area contributed by atoms with Crippen molar-refractivity contribution in [3.05, 3.63) is 65.4 Å². The molecular weight excluding hydrogens is 344 g/mol. The molecule has 0 fully saturated rings. The summed E-state index contributed by atoms with van der Waals surface area (Å²) in [6.07, 6.45) is 1.71. The number of fused-ring (bicyclic) bond motifs is 3. The Hall–Kier alpha value is -2.58. The number of benzene rings is 2. The number of sulfone groups is 1. The Balaban J connectivity index is 1.79. The molecule has 0 spiro atoms. The smallest absolute Gasteiger partial charge is 0.179 e. The maximum absolute atomic E-state index is 12.9. The van der Waals surface area contributed by atoms with E-state index in [0.29, 0.717) is 10.5 Å². The van der Waals surface area contributed by atoms with Crippen LogP contribution in [0.3, 0.4) is 0 Å². The van der Waals surface area contributed by atoms with Crippen LogP contribution in [0.1, 0.15) is 35.6 Å². The number of hydrogen-bond acceptors (Lipinski definition) is 3. The summed E-state index contributed by atoms with van der Waals surface area (Å²) in [5.74, 6) is -0.113. The number of hydrogen-bond donors (Lipinski definition) is 0. The van der Waals surface area contributed by atoms with Gasteiger partial charge >= 0.3 is 0 Å². The molecule has 1 atom stereocenters. The molecule has 132 valence electrons. The van der Waals surface area contributed by atoms with Crippen LogP contribution in [0.25, 0.3) is 10.9 Å². The van der Waals surface area contributed by atoms with Gasteiger partial charge in [0.25, 0.3) is 0 Å². The first-order valence-corrected chi connectivity index (χ1v) is 10.5. The summed E-state index contributed by atoms with van der Waals surface area (Å²) in [4.78, 5) is 0.356. The normalized spacial score (nSPS) is 17.0. The number of nitrogens with zero attached hydrogens (tertiary/aromatic N) is 2. The van der Waals surface area contributed by atoms with E-state index in [9.17, 15) is 13.7 Å². The molecule has 0 saturated carbocycles. The number of para-hydroxylation sites is 1. The minimum atomic E-state index is -3.40. The fraction of sp³-hybridized carbons (Fsp3) is 0.286. The molecule has 0 bridgehead atoms. The molecule has 0 saturated heterocycles. The molecule has 26 heavy (non-hydrogen) atoms. The molecule has 5 heteroatoms. The van der Waals surface area contributed by atoms with Crippen LogP contribution in [0, 0.1) is 18.3 Å². The molecule has 1 unspecified atom stereocenters. The second-order valence-electron chi connectivity index (χ2n) is 6.97. The lowest BCUT2D eigenvalue weighted by molar-refractivity contribution is 0.479. The summed E-state index contributed by atoms with van der Waals surface area (Å²) in [6.45, 7) is 2.77. The van der Waals surface area contributed by atoms with Crippen LogP contribution in [0.2, 0.25) is 0 Å². The fourth-order valence-corrected chi connectivity index (χ4v) is 5.60. The van der Waals surface area contributed by atoms with E-state index in [2.05, 4.69) is 10.6 Å². The lowest BCUT2D eigenvalue weighted by Gasteiger charge is -2.25. The van der Waals surface area contributed by atoms with Crippen molar-refractivity contribution in [1.82, 2.24) is 4.57 Å². The van der Waals surface area contributed by atoms with Crippen LogP contribution in [0.5, 0.6) is 0 Å². The molecule has 1 aliphatic rings. The Morgan fingerprint density at radius 3 is 2.62 bits per heavy atom. The van der Waals surface area contributed by atoms with Gasteiger partial charge in [0.2, 0.25) is 0 Å². The van der Waals surface area contributed by atoms with Crippen LogP contribution in [-0.2, 0) is 16.4 Å². The highest BCUT2D eigenvalue weighted by Gasteiger charge is 2.31. The van der Waals surface area contributed by atoms with Gasteiger partial charge < -0.3 is 4.57 Å². The van der Waals surface area contributed by atoms with Gasteiger partial charge in [-0.25, -0.2) is 8.42 Å². The van der Waals surface area contributed by atoms with E-state index in [4.69, 9.17) is 0 Å². The van der Waals surface area contributed by atoms with Crippen molar-refractivity contribution in [3.8, 4) is 6.07 Å². The van der Waals surface area contributed by atoms with Crippen LogP contribution in [0.4, 0.5) is 0 Å². The van der Waals surface area contributed by atoms with Crippen molar-refractivity contribution in [2.75, 3.05) is 5.75 Å². The van der Waals surface area contributed by atoms with Crippen molar-refractivity contribution in [1.29, 1.82) is 5.26 Å². The first-order chi connectivity index (χ1) is 12.5. The number of aryl methyl sites for hydroxylation is 2. The zero-order valence-electron chi connectivity index (χ0n) is 14.6. The molecule has 3 aromatic rings. The SMILES string of the molecule is Cc1ccc(S(=O)(=O)CC2CCCn3c2c(C#N)c2ccccc23)cc1. The average Bonchev–Trinajstić information content (AvgIpc) is 2.97. The first kappa shape index (κ1) is 16.9. The van der Waals surface area contributed by atoms with Crippen molar-refractivity contribution in [2.24, 2.45) is 0 Å². The first-order valence-electron chi connectivity index (χ1n) is 8.82. The second kappa shape index (κ2) is 6.30. The highest BCUT2D eigenvalue weighted by atomic mass is 32.2. The predicted molar refractivity (Wildman–Crippen MR) is 102 cm³/mol. The zero-order chi connectivity index (χ0) is 18.3. The van der Waals surface area contributed by atoms with Gasteiger partial charge in [-0.3, -0.25) is 0 Å². The third-order valence-corrected chi connectivity index (χ3v) is 7.08. The predicted octanol–water partition coefficient (Wildman–Crippen LogP) is 4.17. The van der Waals surface area contributed by atoms with E-state index in [1.54, 1.807) is 12.1 Å². The largest absolute Gasteiger partial charge is 0.343 e. The van der Waals surface area contributed by atoms with Crippen molar-refractivity contribution >= 4 is 20.7 Å². The maximum Gasteiger partial charge on any atom is 0.179 e. The summed E-state index contributed by atoms with van der Waals surface area (Å²) in [6, 6.07) is 17.2. The molecule has 2 heterocycles. The van der Waals surface area contributed by atoms with Gasteiger partial charge in [-0.1, -0.05) is 35.9 Å². The molecule has 0 aliphatic carbocycles. The highest BCUT2D eigenvalue weighted by Crippen LogP contribution is 2.38. The third-order valence-electron chi connectivity index (χ3n) is 5.24. The molecule has 0 N–H and O–H groups in total. The monoisotopic (exact) mass is 364 g/mol. The lowest BCUT2D eigenvalue weighted by Crippen LogP contribution is -2.23. The Kier molecular flexibility index (Phi) is 4.08. The third kappa shape index (κ3) is 2.71. The van der Waals surface area contributed by atoms with Gasteiger partial charge in [-0.2, -0.15) is 5.26 Å². The minimum absolute atomic E-state index is 0.0427. The zero-order valence-corrected chi connectivity index (χ0v) is 15.5. The van der Waals surface area contributed by atoms with E-state index in [1.807, 2.05) is 43.3 Å². The summed E-state index contributed by atoms with van der Waals surface area (Å²) in [5, 5.41) is 10.7. The maximum atomic E-state index is 12.9. The van der Waals surface area contributed by atoms with Crippen molar-refractivity contribution in [2.45, 2.75) is 37.1 Å². The summed E-state index contributed by atoms with van der Waals surface area (Å²) >= 11 is 0. The molecule has 1 aromatic heterocycles. The summed E-state index contributed by atoms with van der Waals surface area (Å²) in [7, 11) is -3.40. The quantitative estimate of drug-likeness (QED) is 0.700. The van der Waals surface area contributed by atoms with E-state index in [1.165, 1.54) is 0 Å². The van der Waals surface area contributed by atoms with Gasteiger partial charge in [0, 0.05) is 29.1 Å². The minimum Gasteiger partial charge on any atom is -0.343 e. The number of rotatable bonds is 3. The summed E-state index contributed by atoms with van der Waals surface area (Å²) < 4.78 is 28.0. The molecule has 0 radical (unpaired) electrons. The van der Waals surface area contributed by atoms with E-state index >= 15 is 0 Å². The Bertz CT molecular complexity index is 1120. The van der Waals surface area contributed by atoms with Gasteiger partial charge in [-0.05, 0) is 38.0 Å². The topological polar surface area (TPSA) is 62.9 Å². The van der Waals surface area contributed by atoms with E-state index < -0.39 is 9.84 Å². The van der Waals surface area contributed by atoms with Gasteiger partial charge in [0.15, 0.2) is 9.84 Å². The second-order valence-corrected chi connectivity index (χ2v) is 9.01. The Labute approximate surface area is 153 Å². The summed E-state index contributed by atoms with van der Waals surface area (Å²) in [5.41, 5.74) is 3.57. The highest BCUT2D eigenvalue weighted by molar-refractivity contribution is 7.91. The van der Waals surface area contributed by atoms with E-state index in [-0.39, 0.29) is 11.7 Å². The van der Waals surface area contributed by atoms with Crippen molar-refractivity contribution in [3.63, 3.8) is 0 Å². The molecule has 0 amide bonds. The Morgan fingerprint density at radius 2 is 1.88 bits per heavy atom.